The maximum Gasteiger partial charge on any atom is 0.0848 e. The van der Waals surface area contributed by atoms with Crippen molar-refractivity contribution in [2.24, 2.45) is 9.98 Å². The Kier molecular flexibility index (Phi) is 38.1. The molecule has 2 nitrogen and oxygen atoms in total. The molecule has 0 bridgehead atoms. The third kappa shape index (κ3) is 29.9. The summed E-state index contributed by atoms with van der Waals surface area (Å²) in [6, 6.07) is 14.5. The number of aliphatic imine (C=N–C) groups is 2. The summed E-state index contributed by atoms with van der Waals surface area (Å²) in [5.74, 6) is 0. The van der Waals surface area contributed by atoms with Crippen LogP contribution in [0.4, 0.5) is 11.4 Å². The van der Waals surface area contributed by atoms with Gasteiger partial charge >= 0.3 is 0 Å². The van der Waals surface area contributed by atoms with Crippen LogP contribution in [-0.4, -0.2) is 11.4 Å². The van der Waals surface area contributed by atoms with Crippen molar-refractivity contribution in [2.45, 2.75) is 273 Å². The molecule has 61 heavy (non-hydrogen) atoms. The van der Waals surface area contributed by atoms with Crippen molar-refractivity contribution >= 4 is 22.8 Å². The smallest absolute Gasteiger partial charge is 0.0848 e. The molecule has 0 saturated heterocycles. The molecule has 0 aromatic heterocycles. The molecule has 0 aliphatic carbocycles. The van der Waals surface area contributed by atoms with Crippen molar-refractivity contribution < 1.29 is 16.5 Å². The van der Waals surface area contributed by atoms with Crippen LogP contribution in [0.15, 0.2) is 58.5 Å². The zero-order valence-corrected chi connectivity index (χ0v) is 42.3. The van der Waals surface area contributed by atoms with E-state index in [2.05, 4.69) is 90.1 Å². The molecule has 0 atom stereocenters. The van der Waals surface area contributed by atoms with Gasteiger partial charge < -0.3 is 0 Å². The summed E-state index contributed by atoms with van der Waals surface area (Å²) in [5.41, 5.74) is 10.3. The van der Waals surface area contributed by atoms with E-state index in [1.165, 1.54) is 221 Å². The van der Waals surface area contributed by atoms with Crippen molar-refractivity contribution in [2.75, 3.05) is 0 Å². The monoisotopic (exact) mass is 881 g/mol. The van der Waals surface area contributed by atoms with Gasteiger partial charge in [-0.3, -0.25) is 4.99 Å². The number of allylic oxidation sites excluding steroid dienone is 2. The van der Waals surface area contributed by atoms with E-state index in [0.29, 0.717) is 0 Å². The summed E-state index contributed by atoms with van der Waals surface area (Å²) in [7, 11) is 0. The summed E-state index contributed by atoms with van der Waals surface area (Å²) in [4.78, 5) is 11.2. The minimum absolute atomic E-state index is 0. The van der Waals surface area contributed by atoms with Crippen LogP contribution < -0.4 is 0 Å². The third-order valence-corrected chi connectivity index (χ3v) is 12.4. The molecule has 0 aliphatic heterocycles. The predicted molar refractivity (Wildman–Crippen MR) is 273 cm³/mol. The summed E-state index contributed by atoms with van der Waals surface area (Å²) in [6.45, 7) is 13.8. The topological polar surface area (TPSA) is 24.7 Å². The summed E-state index contributed by atoms with van der Waals surface area (Å²) >= 11 is 0. The molecule has 0 aliphatic rings. The van der Waals surface area contributed by atoms with Crippen molar-refractivity contribution in [1.82, 2.24) is 0 Å². The SMILES string of the molecule is CCCCCCCCCCCCCCCCCC/C=C/C(=N\c1cc(CCCC)cc(CCCC)c1)C(/CCCCCCCC)=N/c1cc(CCCC)cc(CCCC)c1.[Ni]. The normalized spacial score (nSPS) is 12.2. The van der Waals surface area contributed by atoms with Crippen LogP contribution in [0.3, 0.4) is 0 Å². The predicted octanol–water partition coefficient (Wildman–Crippen LogP) is 19.9. The van der Waals surface area contributed by atoms with Gasteiger partial charge in [0.25, 0.3) is 0 Å². The van der Waals surface area contributed by atoms with E-state index in [9.17, 15) is 0 Å². The Morgan fingerprint density at radius 3 is 1.03 bits per heavy atom. The average Bonchev–Trinajstić information content (AvgIpc) is 3.26. The average molecular weight is 882 g/mol. The molecule has 0 saturated carbocycles. The van der Waals surface area contributed by atoms with Gasteiger partial charge in [-0.2, -0.15) is 0 Å². The van der Waals surface area contributed by atoms with E-state index in [1.54, 1.807) is 0 Å². The first kappa shape index (κ1) is 57.0. The Morgan fingerprint density at radius 1 is 0.361 bits per heavy atom. The molecule has 0 spiro atoms. The van der Waals surface area contributed by atoms with E-state index >= 15 is 0 Å². The minimum Gasteiger partial charge on any atom is -0.251 e. The van der Waals surface area contributed by atoms with Gasteiger partial charge in [0.05, 0.1) is 22.8 Å². The van der Waals surface area contributed by atoms with E-state index in [4.69, 9.17) is 9.98 Å². The maximum atomic E-state index is 5.60. The van der Waals surface area contributed by atoms with Gasteiger partial charge in [-0.25, -0.2) is 4.99 Å². The van der Waals surface area contributed by atoms with Gasteiger partial charge in [0.15, 0.2) is 0 Å². The van der Waals surface area contributed by atoms with Gasteiger partial charge in [0.2, 0.25) is 0 Å². The molecule has 0 heterocycles. The summed E-state index contributed by atoms with van der Waals surface area (Å²) < 4.78 is 0. The molecule has 0 unspecified atom stereocenters. The van der Waals surface area contributed by atoms with Crippen LogP contribution in [-0.2, 0) is 42.2 Å². The Bertz CT molecular complexity index is 1350. The van der Waals surface area contributed by atoms with Crippen molar-refractivity contribution in [1.29, 1.82) is 0 Å². The second kappa shape index (κ2) is 40.8. The number of hydrogen-bond donors (Lipinski definition) is 0. The second-order valence-electron chi connectivity index (χ2n) is 18.5. The first-order chi connectivity index (χ1) is 29.6. The van der Waals surface area contributed by atoms with Crippen LogP contribution in [0, 0.1) is 0 Å². The number of unbranched alkanes of at least 4 members (excludes halogenated alkanes) is 25. The molecular weight excluding hydrogens is 783 g/mol. The number of nitrogens with zero attached hydrogens (tertiary/aromatic N) is 2. The molecular formula is C58H98N2Ni. The molecule has 350 valence electrons. The Morgan fingerprint density at radius 2 is 0.672 bits per heavy atom. The quantitative estimate of drug-likeness (QED) is 0.0362. The fourth-order valence-electron chi connectivity index (χ4n) is 8.53. The first-order valence-electron chi connectivity index (χ1n) is 26.6. The molecule has 2 aromatic carbocycles. The molecule has 0 radical (unpaired) electrons. The maximum absolute atomic E-state index is 5.60. The largest absolute Gasteiger partial charge is 0.251 e. The minimum atomic E-state index is 0. The van der Waals surface area contributed by atoms with Crippen LogP contribution in [0.1, 0.15) is 269 Å². The van der Waals surface area contributed by atoms with Crippen LogP contribution in [0.5, 0.6) is 0 Å². The van der Waals surface area contributed by atoms with Gasteiger partial charge in [0.1, 0.15) is 0 Å². The van der Waals surface area contributed by atoms with Crippen molar-refractivity contribution in [3.8, 4) is 0 Å². The van der Waals surface area contributed by atoms with Gasteiger partial charge in [-0.15, -0.1) is 0 Å². The fourth-order valence-corrected chi connectivity index (χ4v) is 8.53. The Balaban J connectivity index is 0.0000186. The van der Waals surface area contributed by atoms with Crippen molar-refractivity contribution in [3.63, 3.8) is 0 Å². The van der Waals surface area contributed by atoms with E-state index in [1.807, 2.05) is 0 Å². The Labute approximate surface area is 390 Å². The first-order valence-corrected chi connectivity index (χ1v) is 26.6. The van der Waals surface area contributed by atoms with Crippen LogP contribution >= 0.6 is 0 Å². The molecule has 0 N–H and O–H groups in total. The fraction of sp³-hybridized carbons (Fsp3) is 0.724. The van der Waals surface area contributed by atoms with Crippen LogP contribution in [0.2, 0.25) is 0 Å². The van der Waals surface area contributed by atoms with E-state index in [-0.39, 0.29) is 16.5 Å². The van der Waals surface area contributed by atoms with Crippen LogP contribution in [0.25, 0.3) is 0 Å². The molecule has 3 heteroatoms. The number of hydrogen-bond acceptors (Lipinski definition) is 2. The second-order valence-corrected chi connectivity index (χ2v) is 18.5. The van der Waals surface area contributed by atoms with Gasteiger partial charge in [-0.1, -0.05) is 214 Å². The Hall–Kier alpha value is -1.99. The number of benzene rings is 2. The standard InChI is InChI=1S/C58H98N2.Ni/c1-7-13-19-21-23-24-25-26-27-28-29-30-31-32-33-34-36-38-44-58(60-56-49-53(41-17-11-5)46-54(50-56)42-18-12-6)57(43-37-35-22-20-14-8-2)59-55-47-51(39-15-9-3)45-52(48-55)40-16-10-4;/h38,44-50H,7-37,39-43H2,1-6H3;/b44-38+,59-57+,60-58+;. The molecule has 0 amide bonds. The zero-order valence-electron chi connectivity index (χ0n) is 41.3. The summed E-state index contributed by atoms with van der Waals surface area (Å²) in [5, 5.41) is 0. The molecule has 2 aromatic rings. The van der Waals surface area contributed by atoms with Gasteiger partial charge in [-0.05, 0) is 130 Å². The van der Waals surface area contributed by atoms with Gasteiger partial charge in [0, 0.05) is 16.5 Å². The van der Waals surface area contributed by atoms with E-state index in [0.717, 1.165) is 55.6 Å². The molecule has 2 rings (SSSR count). The van der Waals surface area contributed by atoms with Crippen molar-refractivity contribution in [3.05, 3.63) is 70.8 Å². The molecule has 0 fully saturated rings. The van der Waals surface area contributed by atoms with E-state index < -0.39 is 0 Å². The number of aryl methyl sites for hydroxylation is 4. The third-order valence-electron chi connectivity index (χ3n) is 12.4. The number of rotatable bonds is 40. The zero-order chi connectivity index (χ0) is 43.1. The summed E-state index contributed by atoms with van der Waals surface area (Å²) in [6.07, 6.45) is 51.6.